The van der Waals surface area contributed by atoms with E-state index in [-0.39, 0.29) is 18.1 Å². The number of hydrogen-bond donors (Lipinski definition) is 2. The van der Waals surface area contributed by atoms with Gasteiger partial charge in [-0.05, 0) is 55.0 Å². The van der Waals surface area contributed by atoms with Gasteiger partial charge in [-0.1, -0.05) is 36.4 Å². The number of urea groups is 2. The number of nitrogens with zero attached hydrogens (tertiary/aromatic N) is 2. The van der Waals surface area contributed by atoms with Gasteiger partial charge >= 0.3 is 12.1 Å². The van der Waals surface area contributed by atoms with Crippen molar-refractivity contribution >= 4 is 17.7 Å². The van der Waals surface area contributed by atoms with Gasteiger partial charge in [-0.2, -0.15) is 0 Å². The maximum Gasteiger partial charge on any atom is 0.322 e. The number of nitrogens with one attached hydrogen (secondary N) is 2. The SMILES string of the molecule is CCNC(=O)N1CCCC(NC(=O)N2CCc3cc(-c4ccccc4)ccc32)C1. The van der Waals surface area contributed by atoms with Crippen LogP contribution in [0.1, 0.15) is 25.3 Å². The van der Waals surface area contributed by atoms with Crippen LogP contribution in [0.4, 0.5) is 15.3 Å². The van der Waals surface area contributed by atoms with Gasteiger partial charge in [0.2, 0.25) is 0 Å². The summed E-state index contributed by atoms with van der Waals surface area (Å²) in [5.74, 6) is 0. The van der Waals surface area contributed by atoms with Crippen molar-refractivity contribution in [2.24, 2.45) is 0 Å². The van der Waals surface area contributed by atoms with Crippen molar-refractivity contribution in [1.82, 2.24) is 15.5 Å². The van der Waals surface area contributed by atoms with Crippen molar-refractivity contribution < 1.29 is 9.59 Å². The third-order valence-electron chi connectivity index (χ3n) is 5.69. The molecule has 2 aromatic rings. The van der Waals surface area contributed by atoms with Gasteiger partial charge in [0.1, 0.15) is 0 Å². The molecule has 4 rings (SSSR count). The van der Waals surface area contributed by atoms with E-state index in [1.807, 2.05) is 36.1 Å². The third-order valence-corrected chi connectivity index (χ3v) is 5.69. The molecule has 2 aromatic carbocycles. The van der Waals surface area contributed by atoms with Crippen molar-refractivity contribution in [1.29, 1.82) is 0 Å². The summed E-state index contributed by atoms with van der Waals surface area (Å²) in [7, 11) is 0. The van der Waals surface area contributed by atoms with Crippen LogP contribution in [0.3, 0.4) is 0 Å². The quantitative estimate of drug-likeness (QED) is 0.838. The summed E-state index contributed by atoms with van der Waals surface area (Å²) < 4.78 is 0. The Kier molecular flexibility index (Phi) is 5.69. The number of rotatable bonds is 3. The van der Waals surface area contributed by atoms with Gasteiger partial charge in [0.05, 0.1) is 0 Å². The van der Waals surface area contributed by atoms with E-state index < -0.39 is 0 Å². The normalized spacial score (nSPS) is 18.3. The predicted octanol–water partition coefficient (Wildman–Crippen LogP) is 3.62. The number of likely N-dealkylation sites (tertiary alicyclic amines) is 1. The number of carbonyl (C=O) groups excluding carboxylic acids is 2. The minimum atomic E-state index is -0.0704. The molecule has 29 heavy (non-hydrogen) atoms. The van der Waals surface area contributed by atoms with Gasteiger partial charge < -0.3 is 15.5 Å². The van der Waals surface area contributed by atoms with E-state index in [0.29, 0.717) is 19.6 Å². The maximum atomic E-state index is 12.9. The summed E-state index contributed by atoms with van der Waals surface area (Å²) >= 11 is 0. The first kappa shape index (κ1) is 19.3. The molecule has 1 atom stereocenters. The van der Waals surface area contributed by atoms with Gasteiger partial charge in [0, 0.05) is 37.9 Å². The van der Waals surface area contributed by atoms with E-state index in [0.717, 1.165) is 31.5 Å². The van der Waals surface area contributed by atoms with Crippen molar-refractivity contribution in [2.75, 3.05) is 31.1 Å². The Bertz CT molecular complexity index is 884. The van der Waals surface area contributed by atoms with Crippen molar-refractivity contribution in [3.63, 3.8) is 0 Å². The molecule has 0 radical (unpaired) electrons. The summed E-state index contributed by atoms with van der Waals surface area (Å²) in [5, 5.41) is 5.98. The van der Waals surface area contributed by atoms with Crippen LogP contribution < -0.4 is 15.5 Å². The van der Waals surface area contributed by atoms with Crippen LogP contribution in [-0.2, 0) is 6.42 Å². The number of benzene rings is 2. The van der Waals surface area contributed by atoms with Crippen LogP contribution in [0, 0.1) is 0 Å². The first-order valence-electron chi connectivity index (χ1n) is 10.4. The highest BCUT2D eigenvalue weighted by Crippen LogP contribution is 2.32. The van der Waals surface area contributed by atoms with Crippen LogP contribution in [0.2, 0.25) is 0 Å². The zero-order valence-corrected chi connectivity index (χ0v) is 16.9. The Balaban J connectivity index is 1.42. The minimum Gasteiger partial charge on any atom is -0.338 e. The second-order valence-electron chi connectivity index (χ2n) is 7.68. The van der Waals surface area contributed by atoms with Crippen LogP contribution in [0.5, 0.6) is 0 Å². The van der Waals surface area contributed by atoms with Crippen LogP contribution in [0.25, 0.3) is 11.1 Å². The van der Waals surface area contributed by atoms with E-state index in [4.69, 9.17) is 0 Å². The summed E-state index contributed by atoms with van der Waals surface area (Å²) in [5.41, 5.74) is 4.55. The average molecular weight is 393 g/mol. The number of hydrogen-bond acceptors (Lipinski definition) is 2. The monoisotopic (exact) mass is 392 g/mol. The highest BCUT2D eigenvalue weighted by atomic mass is 16.2. The number of carbonyl (C=O) groups is 2. The molecule has 6 heteroatoms. The first-order chi connectivity index (χ1) is 14.2. The zero-order chi connectivity index (χ0) is 20.2. The minimum absolute atomic E-state index is 0.00787. The molecule has 1 unspecified atom stereocenters. The molecule has 2 aliphatic rings. The molecule has 0 bridgehead atoms. The molecule has 4 amide bonds. The molecule has 0 aliphatic carbocycles. The molecule has 0 aromatic heterocycles. The molecular weight excluding hydrogens is 364 g/mol. The molecule has 6 nitrogen and oxygen atoms in total. The fourth-order valence-electron chi connectivity index (χ4n) is 4.22. The topological polar surface area (TPSA) is 64.7 Å². The van der Waals surface area contributed by atoms with E-state index in [9.17, 15) is 9.59 Å². The van der Waals surface area contributed by atoms with Crippen molar-refractivity contribution in [3.8, 4) is 11.1 Å². The van der Waals surface area contributed by atoms with Gasteiger partial charge in [0.25, 0.3) is 0 Å². The van der Waals surface area contributed by atoms with Crippen LogP contribution in [0.15, 0.2) is 48.5 Å². The fourth-order valence-corrected chi connectivity index (χ4v) is 4.22. The molecular formula is C23H28N4O2. The largest absolute Gasteiger partial charge is 0.338 e. The Hall–Kier alpha value is -3.02. The van der Waals surface area contributed by atoms with E-state index >= 15 is 0 Å². The second-order valence-corrected chi connectivity index (χ2v) is 7.68. The Labute approximate surface area is 171 Å². The molecule has 1 fully saturated rings. The maximum absolute atomic E-state index is 12.9. The molecule has 0 spiro atoms. The molecule has 0 saturated carbocycles. The number of fused-ring (bicyclic) bond motifs is 1. The number of amides is 4. The Morgan fingerprint density at radius 3 is 2.66 bits per heavy atom. The highest BCUT2D eigenvalue weighted by Gasteiger charge is 2.29. The lowest BCUT2D eigenvalue weighted by Crippen LogP contribution is -2.54. The first-order valence-corrected chi connectivity index (χ1v) is 10.4. The van der Waals surface area contributed by atoms with Gasteiger partial charge in [-0.3, -0.25) is 4.90 Å². The van der Waals surface area contributed by atoms with Crippen molar-refractivity contribution in [2.45, 2.75) is 32.2 Å². The van der Waals surface area contributed by atoms with E-state index in [2.05, 4.69) is 34.9 Å². The Morgan fingerprint density at radius 1 is 1.03 bits per heavy atom. The molecule has 152 valence electrons. The highest BCUT2D eigenvalue weighted by molar-refractivity contribution is 5.95. The van der Waals surface area contributed by atoms with Gasteiger partial charge in [0.15, 0.2) is 0 Å². The summed E-state index contributed by atoms with van der Waals surface area (Å²) in [6.45, 7) is 4.52. The van der Waals surface area contributed by atoms with Crippen LogP contribution >= 0.6 is 0 Å². The lowest BCUT2D eigenvalue weighted by molar-refractivity contribution is 0.173. The van der Waals surface area contributed by atoms with Crippen LogP contribution in [-0.4, -0.2) is 49.2 Å². The zero-order valence-electron chi connectivity index (χ0n) is 16.9. The standard InChI is InChI=1S/C23H28N4O2/c1-2-24-22(28)26-13-6-9-20(16-26)25-23(29)27-14-12-19-15-18(10-11-21(19)27)17-7-4-3-5-8-17/h3-5,7-8,10-11,15,20H,2,6,9,12-14,16H2,1H3,(H,24,28)(H,25,29). The summed E-state index contributed by atoms with van der Waals surface area (Å²) in [6.07, 6.45) is 2.66. The lowest BCUT2D eigenvalue weighted by atomic mass is 10.0. The number of piperidine rings is 1. The van der Waals surface area contributed by atoms with Crippen molar-refractivity contribution in [3.05, 3.63) is 54.1 Å². The predicted molar refractivity (Wildman–Crippen MR) is 115 cm³/mol. The number of anilines is 1. The summed E-state index contributed by atoms with van der Waals surface area (Å²) in [6, 6.07) is 16.5. The third kappa shape index (κ3) is 4.21. The smallest absolute Gasteiger partial charge is 0.322 e. The summed E-state index contributed by atoms with van der Waals surface area (Å²) in [4.78, 5) is 28.6. The Morgan fingerprint density at radius 2 is 1.86 bits per heavy atom. The molecule has 2 N–H and O–H groups in total. The molecule has 2 heterocycles. The van der Waals surface area contributed by atoms with E-state index in [1.165, 1.54) is 16.7 Å². The van der Waals surface area contributed by atoms with Gasteiger partial charge in [-0.15, -0.1) is 0 Å². The second kappa shape index (κ2) is 8.55. The fraction of sp³-hybridized carbons (Fsp3) is 0.391. The lowest BCUT2D eigenvalue weighted by Gasteiger charge is -2.34. The average Bonchev–Trinajstić information content (AvgIpc) is 3.18. The van der Waals surface area contributed by atoms with Gasteiger partial charge in [-0.25, -0.2) is 9.59 Å². The molecule has 1 saturated heterocycles. The van der Waals surface area contributed by atoms with E-state index in [1.54, 1.807) is 4.90 Å². The molecule has 2 aliphatic heterocycles.